The van der Waals surface area contributed by atoms with Gasteiger partial charge in [-0.25, -0.2) is 4.57 Å². The Kier molecular flexibility index (Phi) is 3.93. The summed E-state index contributed by atoms with van der Waals surface area (Å²) >= 11 is 0. The largest absolute Gasteiger partial charge is 0.287 e. The summed E-state index contributed by atoms with van der Waals surface area (Å²) in [7, 11) is 2.07. The van der Waals surface area contributed by atoms with E-state index in [1.165, 1.54) is 27.8 Å². The lowest BCUT2D eigenvalue weighted by Gasteiger charge is -2.18. The number of hydrogen-bond acceptors (Lipinski definition) is 1. The fourth-order valence-electron chi connectivity index (χ4n) is 3.18. The summed E-state index contributed by atoms with van der Waals surface area (Å²) in [6, 6.07) is 15.2. The first-order valence-corrected chi connectivity index (χ1v) is 8.18. The lowest BCUT2D eigenvalue weighted by atomic mass is 9.87. The van der Waals surface area contributed by atoms with Gasteiger partial charge in [-0.05, 0) is 47.0 Å². The first kappa shape index (κ1) is 15.7. The average molecular weight is 305 g/mol. The summed E-state index contributed by atoms with van der Waals surface area (Å²) in [6.45, 7) is 9.01. The van der Waals surface area contributed by atoms with Crippen molar-refractivity contribution in [3.05, 3.63) is 59.9 Å². The molecule has 2 heteroatoms. The third kappa shape index (κ3) is 3.26. The topological polar surface area (TPSA) is 16.8 Å². The molecule has 0 saturated heterocycles. The van der Waals surface area contributed by atoms with Crippen molar-refractivity contribution in [1.82, 2.24) is 4.98 Å². The molecule has 0 atom stereocenters. The second-order valence-electron chi connectivity index (χ2n) is 7.61. The molecule has 1 aromatic heterocycles. The van der Waals surface area contributed by atoms with Crippen LogP contribution in [0.15, 0.2) is 48.8 Å². The first-order chi connectivity index (χ1) is 10.8. The summed E-state index contributed by atoms with van der Waals surface area (Å²) in [5.74, 6) is 0. The van der Waals surface area contributed by atoms with E-state index in [2.05, 4.69) is 86.8 Å². The van der Waals surface area contributed by atoms with Gasteiger partial charge in [0, 0.05) is 5.56 Å². The molecule has 0 amide bonds. The zero-order valence-corrected chi connectivity index (χ0v) is 14.7. The summed E-state index contributed by atoms with van der Waals surface area (Å²) in [5.41, 5.74) is 6.50. The number of hydrogen-bond donors (Lipinski definition) is 0. The molecular weight excluding hydrogens is 280 g/mol. The van der Waals surface area contributed by atoms with Gasteiger partial charge in [-0.3, -0.25) is 0 Å². The van der Waals surface area contributed by atoms with Gasteiger partial charge in [-0.2, -0.15) is 0 Å². The number of aryl methyl sites for hydroxylation is 2. The zero-order valence-electron chi connectivity index (χ0n) is 14.7. The molecule has 3 aromatic rings. The quantitative estimate of drug-likeness (QED) is 0.631. The Hall–Kier alpha value is -2.22. The highest BCUT2D eigenvalue weighted by Gasteiger charge is 2.18. The highest BCUT2D eigenvalue weighted by molar-refractivity contribution is 5.91. The number of aromatic nitrogens is 2. The Morgan fingerprint density at radius 2 is 1.78 bits per heavy atom. The maximum atomic E-state index is 4.60. The van der Waals surface area contributed by atoms with Crippen LogP contribution in [0.4, 0.5) is 0 Å². The van der Waals surface area contributed by atoms with E-state index in [1.807, 2.05) is 6.33 Å². The van der Waals surface area contributed by atoms with Gasteiger partial charge < -0.3 is 0 Å². The Morgan fingerprint density at radius 3 is 2.48 bits per heavy atom. The Morgan fingerprint density at radius 1 is 1.04 bits per heavy atom. The van der Waals surface area contributed by atoms with Gasteiger partial charge in [-0.15, -0.1) is 0 Å². The molecule has 0 fully saturated rings. The number of benzene rings is 2. The Balaban J connectivity index is 2.26. The summed E-state index contributed by atoms with van der Waals surface area (Å²) in [5, 5.41) is 1.23. The number of nitrogens with zero attached hydrogens (tertiary/aromatic N) is 2. The standard InChI is InChI=1S/C21H25N2/c1-15-8-6-7-9-17(15)20-18-12-16(13-21(2,3)4)10-11-19(18)22-14-23(20)5/h6-12,14H,13H2,1-5H3/q+1. The molecule has 0 N–H and O–H groups in total. The average Bonchev–Trinajstić information content (AvgIpc) is 2.47. The van der Waals surface area contributed by atoms with Crippen LogP contribution in [0.1, 0.15) is 31.9 Å². The van der Waals surface area contributed by atoms with Gasteiger partial charge in [0.1, 0.15) is 5.69 Å². The SMILES string of the molecule is Cc1ccccc1-c1c2cc(CC(C)(C)C)ccc2nc[n+]1C. The number of fused-ring (bicyclic) bond motifs is 1. The van der Waals surface area contributed by atoms with Crippen LogP contribution in [0.25, 0.3) is 22.2 Å². The molecule has 3 rings (SSSR count). The van der Waals surface area contributed by atoms with Gasteiger partial charge in [0.2, 0.25) is 0 Å². The van der Waals surface area contributed by atoms with Crippen molar-refractivity contribution in [3.8, 4) is 11.3 Å². The zero-order chi connectivity index (χ0) is 16.6. The predicted molar refractivity (Wildman–Crippen MR) is 96.3 cm³/mol. The number of rotatable bonds is 2. The maximum absolute atomic E-state index is 4.60. The van der Waals surface area contributed by atoms with Crippen LogP contribution in [-0.4, -0.2) is 4.98 Å². The second-order valence-corrected chi connectivity index (χ2v) is 7.61. The molecule has 0 bridgehead atoms. The molecule has 0 aliphatic heterocycles. The van der Waals surface area contributed by atoms with Crippen molar-refractivity contribution in [3.63, 3.8) is 0 Å². The van der Waals surface area contributed by atoms with E-state index >= 15 is 0 Å². The maximum Gasteiger partial charge on any atom is 0.287 e. The summed E-state index contributed by atoms with van der Waals surface area (Å²) < 4.78 is 2.13. The lowest BCUT2D eigenvalue weighted by molar-refractivity contribution is -0.662. The Bertz CT molecular complexity index is 857. The molecule has 1 heterocycles. The molecule has 0 aliphatic carbocycles. The van der Waals surface area contributed by atoms with E-state index in [4.69, 9.17) is 0 Å². The van der Waals surface area contributed by atoms with Crippen molar-refractivity contribution >= 4 is 10.9 Å². The molecular formula is C21H25N2+. The van der Waals surface area contributed by atoms with Crippen LogP contribution in [0.3, 0.4) is 0 Å². The third-order valence-electron chi connectivity index (χ3n) is 4.17. The normalized spacial score (nSPS) is 11.9. The van der Waals surface area contributed by atoms with E-state index < -0.39 is 0 Å². The van der Waals surface area contributed by atoms with Gasteiger partial charge in [0.05, 0.1) is 12.4 Å². The monoisotopic (exact) mass is 305 g/mol. The van der Waals surface area contributed by atoms with Gasteiger partial charge in [0.15, 0.2) is 5.52 Å². The van der Waals surface area contributed by atoms with Crippen molar-refractivity contribution < 1.29 is 4.57 Å². The summed E-state index contributed by atoms with van der Waals surface area (Å²) in [4.78, 5) is 4.60. The molecule has 0 radical (unpaired) electrons. The van der Waals surface area contributed by atoms with Crippen molar-refractivity contribution in [2.75, 3.05) is 0 Å². The fourth-order valence-corrected chi connectivity index (χ4v) is 3.18. The minimum absolute atomic E-state index is 0.279. The molecule has 2 nitrogen and oxygen atoms in total. The predicted octanol–water partition coefficient (Wildman–Crippen LogP) is 4.62. The molecule has 118 valence electrons. The Labute approximate surface area is 138 Å². The molecule has 2 aromatic carbocycles. The highest BCUT2D eigenvalue weighted by atomic mass is 15.0. The van der Waals surface area contributed by atoms with E-state index in [0.29, 0.717) is 0 Å². The van der Waals surface area contributed by atoms with Crippen molar-refractivity contribution in [1.29, 1.82) is 0 Å². The highest BCUT2D eigenvalue weighted by Crippen LogP contribution is 2.29. The molecule has 0 spiro atoms. The molecule has 0 saturated carbocycles. The lowest BCUT2D eigenvalue weighted by Crippen LogP contribution is -2.31. The minimum atomic E-state index is 0.279. The minimum Gasteiger partial charge on any atom is -0.232 e. The smallest absolute Gasteiger partial charge is 0.232 e. The first-order valence-electron chi connectivity index (χ1n) is 8.18. The van der Waals surface area contributed by atoms with Crippen LogP contribution in [0.2, 0.25) is 0 Å². The van der Waals surface area contributed by atoms with E-state index in [1.54, 1.807) is 0 Å². The van der Waals surface area contributed by atoms with Gasteiger partial charge in [0.25, 0.3) is 6.33 Å². The van der Waals surface area contributed by atoms with Gasteiger partial charge >= 0.3 is 0 Å². The van der Waals surface area contributed by atoms with Crippen molar-refractivity contribution in [2.45, 2.75) is 34.1 Å². The molecule has 23 heavy (non-hydrogen) atoms. The van der Waals surface area contributed by atoms with E-state index in [-0.39, 0.29) is 5.41 Å². The van der Waals surface area contributed by atoms with Crippen LogP contribution < -0.4 is 4.57 Å². The third-order valence-corrected chi connectivity index (χ3v) is 4.17. The van der Waals surface area contributed by atoms with Crippen LogP contribution in [0.5, 0.6) is 0 Å². The molecule has 0 unspecified atom stereocenters. The second kappa shape index (κ2) is 5.77. The fraction of sp³-hybridized carbons (Fsp3) is 0.333. The van der Waals surface area contributed by atoms with Crippen LogP contribution in [0, 0.1) is 12.3 Å². The van der Waals surface area contributed by atoms with Gasteiger partial charge in [-0.1, -0.05) is 51.1 Å². The molecule has 0 aliphatic rings. The van der Waals surface area contributed by atoms with Crippen molar-refractivity contribution in [2.24, 2.45) is 12.5 Å². The van der Waals surface area contributed by atoms with E-state index in [0.717, 1.165) is 11.9 Å². The van der Waals surface area contributed by atoms with Crippen LogP contribution in [-0.2, 0) is 13.5 Å². The summed E-state index contributed by atoms with van der Waals surface area (Å²) in [6.07, 6.45) is 2.97. The van der Waals surface area contributed by atoms with Crippen LogP contribution >= 0.6 is 0 Å². The van der Waals surface area contributed by atoms with E-state index in [9.17, 15) is 0 Å².